The molecule has 0 spiro atoms. The molecule has 3 aliphatic carbocycles. The molecule has 0 aromatic heterocycles. The van der Waals surface area contributed by atoms with Crippen molar-refractivity contribution < 1.29 is 34.2 Å². The SMILES string of the molecule is CN(C)[C@@H]1C(=O)C(C(N)=O)C(=O)[C@@]2(O)C(=O)C3C(=O)c4c(O)c(CN5CC=CC5)cc(Cl)c4CC3CC12. The smallest absolute Gasteiger partial charge is 0.235 e. The number of phenolic OH excluding ortho intramolecular Hbond substituents is 1. The molecule has 2 saturated carbocycles. The van der Waals surface area contributed by atoms with Gasteiger partial charge < -0.3 is 15.9 Å². The van der Waals surface area contributed by atoms with Crippen LogP contribution in [0.15, 0.2) is 18.2 Å². The standard InChI is InChI=1S/C26H28ClN3O7/c1-29(2)19-14-8-11-7-13-15(27)9-12(10-30-5-3-4-6-30)20(31)17(13)21(32)16(11)23(34)26(14,37)24(35)18(22(19)33)25(28)36/h3-4,9,11,14,16,18-19,31,37H,5-8,10H2,1-2H3,(H2,28,36)/t11?,14?,16?,18?,19-,26-/m0/s1. The van der Waals surface area contributed by atoms with Gasteiger partial charge in [-0.3, -0.25) is 33.8 Å². The van der Waals surface area contributed by atoms with Crippen molar-refractivity contribution in [3.05, 3.63) is 39.9 Å². The Morgan fingerprint density at radius 2 is 1.84 bits per heavy atom. The zero-order valence-electron chi connectivity index (χ0n) is 20.4. The van der Waals surface area contributed by atoms with Crippen LogP contribution in [-0.4, -0.2) is 87.9 Å². The average Bonchev–Trinajstić information content (AvgIpc) is 3.32. The van der Waals surface area contributed by atoms with E-state index in [0.29, 0.717) is 30.8 Å². The fourth-order valence-corrected chi connectivity index (χ4v) is 6.99. The van der Waals surface area contributed by atoms with Gasteiger partial charge in [-0.1, -0.05) is 23.8 Å². The summed E-state index contributed by atoms with van der Waals surface area (Å²) in [7, 11) is 3.09. The molecule has 1 heterocycles. The number of primary amides is 1. The van der Waals surface area contributed by atoms with Crippen molar-refractivity contribution >= 4 is 40.6 Å². The molecule has 4 N–H and O–H groups in total. The molecule has 0 saturated heterocycles. The molecule has 2 fully saturated rings. The van der Waals surface area contributed by atoms with E-state index in [4.69, 9.17) is 17.3 Å². The summed E-state index contributed by atoms with van der Waals surface area (Å²) >= 11 is 6.58. The molecule has 10 nitrogen and oxygen atoms in total. The summed E-state index contributed by atoms with van der Waals surface area (Å²) in [4.78, 5) is 69.6. The summed E-state index contributed by atoms with van der Waals surface area (Å²) in [6, 6.07) is 0.484. The first-order valence-electron chi connectivity index (χ1n) is 12.1. The molecule has 1 aromatic rings. The van der Waals surface area contributed by atoms with Gasteiger partial charge in [0.05, 0.1) is 17.5 Å². The predicted molar refractivity (Wildman–Crippen MR) is 131 cm³/mol. The fourth-order valence-electron chi connectivity index (χ4n) is 6.69. The minimum Gasteiger partial charge on any atom is -0.507 e. The molecule has 6 atom stereocenters. The Balaban J connectivity index is 1.59. The zero-order valence-corrected chi connectivity index (χ0v) is 21.2. The number of fused-ring (bicyclic) bond motifs is 3. The van der Waals surface area contributed by atoms with E-state index in [1.807, 2.05) is 17.1 Å². The number of aliphatic hydroxyl groups is 1. The van der Waals surface area contributed by atoms with Gasteiger partial charge in [-0.15, -0.1) is 0 Å². The Labute approximate surface area is 218 Å². The third-order valence-electron chi connectivity index (χ3n) is 8.37. The van der Waals surface area contributed by atoms with Crippen LogP contribution >= 0.6 is 11.6 Å². The molecule has 4 aliphatic rings. The maximum Gasteiger partial charge on any atom is 0.235 e. The molecule has 0 radical (unpaired) electrons. The molecule has 11 heteroatoms. The van der Waals surface area contributed by atoms with Gasteiger partial charge in [0.1, 0.15) is 5.75 Å². The van der Waals surface area contributed by atoms with Crippen LogP contribution in [0.3, 0.4) is 0 Å². The monoisotopic (exact) mass is 529 g/mol. The van der Waals surface area contributed by atoms with Gasteiger partial charge >= 0.3 is 0 Å². The van der Waals surface area contributed by atoms with Gasteiger partial charge in [-0.25, -0.2) is 0 Å². The third kappa shape index (κ3) is 3.61. The van der Waals surface area contributed by atoms with Crippen LogP contribution < -0.4 is 5.73 Å². The van der Waals surface area contributed by atoms with E-state index >= 15 is 0 Å². The van der Waals surface area contributed by atoms with Crippen LogP contribution in [0.5, 0.6) is 5.75 Å². The highest BCUT2D eigenvalue weighted by Crippen LogP contribution is 2.51. The van der Waals surface area contributed by atoms with Crippen molar-refractivity contribution in [2.75, 3.05) is 27.2 Å². The van der Waals surface area contributed by atoms with Crippen LogP contribution in [0.2, 0.25) is 5.02 Å². The van der Waals surface area contributed by atoms with Gasteiger partial charge in [-0.2, -0.15) is 0 Å². The fraction of sp³-hybridized carbons (Fsp3) is 0.500. The Morgan fingerprint density at radius 3 is 2.43 bits per heavy atom. The Morgan fingerprint density at radius 1 is 1.19 bits per heavy atom. The second kappa shape index (κ2) is 8.83. The summed E-state index contributed by atoms with van der Waals surface area (Å²) in [6.07, 6.45) is 4.10. The van der Waals surface area contributed by atoms with Crippen LogP contribution in [0.1, 0.15) is 27.9 Å². The molecule has 5 rings (SSSR count). The molecule has 1 amide bonds. The first kappa shape index (κ1) is 25.7. The second-order valence-electron chi connectivity index (χ2n) is 10.7. The van der Waals surface area contributed by atoms with Crippen molar-refractivity contribution in [2.45, 2.75) is 31.0 Å². The number of Topliss-reactive ketones (excluding diaryl/α,β-unsaturated/α-hetero) is 4. The van der Waals surface area contributed by atoms with Crippen molar-refractivity contribution in [3.63, 3.8) is 0 Å². The number of aromatic hydroxyl groups is 1. The van der Waals surface area contributed by atoms with Gasteiger partial charge in [0.25, 0.3) is 0 Å². The van der Waals surface area contributed by atoms with E-state index in [1.165, 1.54) is 4.90 Å². The number of halogens is 1. The Kier molecular flexibility index (Phi) is 6.14. The average molecular weight is 530 g/mol. The number of hydrogen-bond donors (Lipinski definition) is 3. The molecule has 4 unspecified atom stereocenters. The minimum absolute atomic E-state index is 0.0117. The minimum atomic E-state index is -2.74. The highest BCUT2D eigenvalue weighted by atomic mass is 35.5. The summed E-state index contributed by atoms with van der Waals surface area (Å²) < 4.78 is 0. The number of ketones is 4. The molecule has 1 aliphatic heterocycles. The molecule has 1 aromatic carbocycles. The summed E-state index contributed by atoms with van der Waals surface area (Å²) in [5.41, 5.74) is 3.34. The lowest BCUT2D eigenvalue weighted by atomic mass is 9.52. The maximum atomic E-state index is 13.8. The van der Waals surface area contributed by atoms with Gasteiger partial charge in [0.2, 0.25) is 5.91 Å². The molecular weight excluding hydrogens is 502 g/mol. The van der Waals surface area contributed by atoms with E-state index in [1.54, 1.807) is 20.2 Å². The third-order valence-corrected chi connectivity index (χ3v) is 8.71. The van der Waals surface area contributed by atoms with E-state index in [-0.39, 0.29) is 29.2 Å². The molecule has 0 bridgehead atoms. The van der Waals surface area contributed by atoms with Crippen molar-refractivity contribution in [2.24, 2.45) is 29.4 Å². The summed E-state index contributed by atoms with van der Waals surface area (Å²) in [5, 5.41) is 23.0. The summed E-state index contributed by atoms with van der Waals surface area (Å²) in [5.74, 6) is -10.6. The Hall–Kier alpha value is -2.92. The number of amides is 1. The Bertz CT molecular complexity index is 1280. The number of carbonyl (C=O) groups is 5. The first-order valence-corrected chi connectivity index (χ1v) is 12.5. The lowest BCUT2D eigenvalue weighted by molar-refractivity contribution is -0.181. The number of carbonyl (C=O) groups excluding carboxylic acids is 5. The van der Waals surface area contributed by atoms with Crippen LogP contribution in [0, 0.1) is 23.7 Å². The second-order valence-corrected chi connectivity index (χ2v) is 11.1. The van der Waals surface area contributed by atoms with E-state index in [2.05, 4.69) is 0 Å². The number of nitrogens with two attached hydrogens (primary N) is 1. The zero-order chi connectivity index (χ0) is 27.0. The number of hydrogen-bond acceptors (Lipinski definition) is 9. The van der Waals surface area contributed by atoms with E-state index < -0.39 is 64.4 Å². The van der Waals surface area contributed by atoms with Crippen molar-refractivity contribution in [3.8, 4) is 5.75 Å². The highest BCUT2D eigenvalue weighted by molar-refractivity contribution is 6.34. The number of benzene rings is 1. The van der Waals surface area contributed by atoms with Gasteiger partial charge in [0.15, 0.2) is 34.7 Å². The number of phenols is 1. The molecular formula is C26H28ClN3O7. The van der Waals surface area contributed by atoms with Crippen LogP contribution in [0.4, 0.5) is 0 Å². The molecule has 196 valence electrons. The highest BCUT2D eigenvalue weighted by Gasteiger charge is 2.69. The topological polar surface area (TPSA) is 158 Å². The lowest BCUT2D eigenvalue weighted by Crippen LogP contribution is -2.74. The maximum absolute atomic E-state index is 13.8. The number of rotatable bonds is 4. The number of nitrogens with zero attached hydrogens (tertiary/aromatic N) is 2. The van der Waals surface area contributed by atoms with Gasteiger partial charge in [0, 0.05) is 36.1 Å². The molecule has 37 heavy (non-hydrogen) atoms. The van der Waals surface area contributed by atoms with Crippen molar-refractivity contribution in [1.82, 2.24) is 9.80 Å². The quantitative estimate of drug-likeness (QED) is 0.357. The predicted octanol–water partition coefficient (Wildman–Crippen LogP) is -0.108. The van der Waals surface area contributed by atoms with Crippen molar-refractivity contribution in [1.29, 1.82) is 0 Å². The van der Waals surface area contributed by atoms with E-state index in [0.717, 1.165) is 0 Å². The summed E-state index contributed by atoms with van der Waals surface area (Å²) in [6.45, 7) is 1.68. The van der Waals surface area contributed by atoms with Crippen LogP contribution in [0.25, 0.3) is 0 Å². The lowest BCUT2D eigenvalue weighted by Gasteiger charge is -2.52. The first-order chi connectivity index (χ1) is 17.4. The van der Waals surface area contributed by atoms with Gasteiger partial charge in [-0.05, 0) is 44.5 Å². The normalized spacial score (nSPS) is 33.5. The van der Waals surface area contributed by atoms with E-state index in [9.17, 15) is 34.2 Å². The number of likely N-dealkylation sites (N-methyl/N-ethyl adjacent to an activating group) is 1. The van der Waals surface area contributed by atoms with Crippen LogP contribution in [-0.2, 0) is 32.1 Å². The largest absolute Gasteiger partial charge is 0.507 e.